The van der Waals surface area contributed by atoms with E-state index >= 15 is 0 Å². The van der Waals surface area contributed by atoms with E-state index in [1.807, 2.05) is 6.07 Å². The van der Waals surface area contributed by atoms with Crippen molar-refractivity contribution in [1.29, 1.82) is 5.26 Å². The zero-order valence-electron chi connectivity index (χ0n) is 9.31. The Bertz CT molecular complexity index is 431. The first-order chi connectivity index (χ1) is 7.42. The Morgan fingerprint density at radius 1 is 1.44 bits per heavy atom. The molecule has 0 aliphatic carbocycles. The molecule has 1 rings (SSSR count). The van der Waals surface area contributed by atoms with Crippen molar-refractivity contribution in [2.75, 3.05) is 5.32 Å². The van der Waals surface area contributed by atoms with Gasteiger partial charge in [-0.05, 0) is 20.8 Å². The van der Waals surface area contributed by atoms with E-state index < -0.39 is 11.7 Å². The maximum absolute atomic E-state index is 11.4. The second kappa shape index (κ2) is 4.57. The highest BCUT2D eigenvalue weighted by Gasteiger charge is 2.17. The monoisotopic (exact) mass is 220 g/mol. The summed E-state index contributed by atoms with van der Waals surface area (Å²) in [5, 5.41) is 11.1. The highest BCUT2D eigenvalue weighted by molar-refractivity contribution is 5.84. The molecule has 0 saturated carbocycles. The molecule has 1 amide bonds. The fourth-order valence-corrected chi connectivity index (χ4v) is 0.912. The molecule has 6 nitrogen and oxygen atoms in total. The highest BCUT2D eigenvalue weighted by atomic mass is 16.6. The molecular formula is C10H12N4O2. The van der Waals surface area contributed by atoms with Crippen LogP contribution in [0.25, 0.3) is 0 Å². The van der Waals surface area contributed by atoms with Crippen molar-refractivity contribution in [3.63, 3.8) is 0 Å². The smallest absolute Gasteiger partial charge is 0.413 e. The number of carbonyl (C=O) groups is 1. The van der Waals surface area contributed by atoms with E-state index in [-0.39, 0.29) is 11.5 Å². The molecule has 16 heavy (non-hydrogen) atoms. The number of rotatable bonds is 1. The van der Waals surface area contributed by atoms with Crippen molar-refractivity contribution < 1.29 is 9.53 Å². The van der Waals surface area contributed by atoms with E-state index in [0.717, 1.165) is 0 Å². The van der Waals surface area contributed by atoms with Crippen molar-refractivity contribution in [3.8, 4) is 6.07 Å². The zero-order valence-corrected chi connectivity index (χ0v) is 9.31. The van der Waals surface area contributed by atoms with Crippen LogP contribution in [0.5, 0.6) is 0 Å². The third-order valence-electron chi connectivity index (χ3n) is 1.42. The van der Waals surface area contributed by atoms with E-state index in [1.54, 1.807) is 20.8 Å². The van der Waals surface area contributed by atoms with Crippen molar-refractivity contribution in [2.45, 2.75) is 26.4 Å². The van der Waals surface area contributed by atoms with E-state index in [1.165, 1.54) is 12.4 Å². The summed E-state index contributed by atoms with van der Waals surface area (Å²) in [5.41, 5.74) is -0.549. The number of nitriles is 1. The lowest BCUT2D eigenvalue weighted by atomic mass is 10.2. The lowest BCUT2D eigenvalue weighted by Gasteiger charge is -2.19. The van der Waals surface area contributed by atoms with E-state index in [9.17, 15) is 4.79 Å². The Kier molecular flexibility index (Phi) is 3.40. The molecular weight excluding hydrogens is 208 g/mol. The second-order valence-corrected chi connectivity index (χ2v) is 3.99. The summed E-state index contributed by atoms with van der Waals surface area (Å²) in [6, 6.07) is 1.82. The Morgan fingerprint density at radius 2 is 2.06 bits per heavy atom. The average Bonchev–Trinajstić information content (AvgIpc) is 2.15. The summed E-state index contributed by atoms with van der Waals surface area (Å²) >= 11 is 0. The van der Waals surface area contributed by atoms with Gasteiger partial charge in [-0.3, -0.25) is 5.32 Å². The van der Waals surface area contributed by atoms with Gasteiger partial charge in [0.2, 0.25) is 0 Å². The van der Waals surface area contributed by atoms with Crippen LogP contribution in [0.15, 0.2) is 12.4 Å². The molecule has 0 saturated heterocycles. The molecule has 0 atom stereocenters. The van der Waals surface area contributed by atoms with Crippen LogP contribution in [0, 0.1) is 11.3 Å². The Labute approximate surface area is 93.3 Å². The average molecular weight is 220 g/mol. The third kappa shape index (κ3) is 3.53. The number of nitrogens with zero attached hydrogens (tertiary/aromatic N) is 3. The maximum atomic E-state index is 11.4. The Morgan fingerprint density at radius 3 is 2.62 bits per heavy atom. The van der Waals surface area contributed by atoms with Gasteiger partial charge in [0.1, 0.15) is 11.7 Å². The number of amides is 1. The first kappa shape index (κ1) is 11.9. The normalized spacial score (nSPS) is 10.4. The topological polar surface area (TPSA) is 87.9 Å². The summed E-state index contributed by atoms with van der Waals surface area (Å²) in [4.78, 5) is 19.0. The molecule has 0 aliphatic rings. The predicted octanol–water partition coefficient (Wildman–Crippen LogP) is 1.70. The van der Waals surface area contributed by atoms with Crippen molar-refractivity contribution in [3.05, 3.63) is 18.1 Å². The van der Waals surface area contributed by atoms with Gasteiger partial charge in [-0.1, -0.05) is 0 Å². The third-order valence-corrected chi connectivity index (χ3v) is 1.42. The lowest BCUT2D eigenvalue weighted by molar-refractivity contribution is 0.0635. The number of ether oxygens (including phenoxy) is 1. The van der Waals surface area contributed by atoms with Gasteiger partial charge in [0.05, 0.1) is 0 Å². The standard InChI is InChI=1S/C10H12N4O2/c1-10(2,3)16-9(15)14-8-7(6-11)12-4-5-13-8/h4-5H,1-3H3,(H,13,14,15). The van der Waals surface area contributed by atoms with Crippen LogP contribution in [0.1, 0.15) is 26.5 Å². The van der Waals surface area contributed by atoms with Crippen molar-refractivity contribution in [2.24, 2.45) is 0 Å². The Hall–Kier alpha value is -2.16. The summed E-state index contributed by atoms with van der Waals surface area (Å²) < 4.78 is 5.01. The molecule has 1 aromatic heterocycles. The first-order valence-corrected chi connectivity index (χ1v) is 4.63. The molecule has 1 heterocycles. The van der Waals surface area contributed by atoms with Gasteiger partial charge in [-0.2, -0.15) is 5.26 Å². The molecule has 84 valence electrons. The van der Waals surface area contributed by atoms with Crippen LogP contribution >= 0.6 is 0 Å². The number of hydrogen-bond donors (Lipinski definition) is 1. The molecule has 0 bridgehead atoms. The lowest BCUT2D eigenvalue weighted by Crippen LogP contribution is -2.27. The quantitative estimate of drug-likeness (QED) is 0.778. The number of aromatic nitrogens is 2. The summed E-state index contributed by atoms with van der Waals surface area (Å²) in [6.07, 6.45) is 2.09. The predicted molar refractivity (Wildman–Crippen MR) is 56.6 cm³/mol. The summed E-state index contributed by atoms with van der Waals surface area (Å²) in [6.45, 7) is 5.23. The molecule has 6 heteroatoms. The maximum Gasteiger partial charge on any atom is 0.413 e. The van der Waals surface area contributed by atoms with Crippen LogP contribution in [0.2, 0.25) is 0 Å². The minimum Gasteiger partial charge on any atom is -0.444 e. The van der Waals surface area contributed by atoms with Crippen LogP contribution in [0.4, 0.5) is 10.6 Å². The number of hydrogen-bond acceptors (Lipinski definition) is 5. The molecule has 0 spiro atoms. The van der Waals surface area contributed by atoms with Gasteiger partial charge >= 0.3 is 6.09 Å². The fraction of sp³-hybridized carbons (Fsp3) is 0.400. The molecule has 0 aromatic carbocycles. The largest absolute Gasteiger partial charge is 0.444 e. The van der Waals surface area contributed by atoms with E-state index in [2.05, 4.69) is 15.3 Å². The Balaban J connectivity index is 2.75. The zero-order chi connectivity index (χ0) is 12.2. The fourth-order valence-electron chi connectivity index (χ4n) is 0.912. The number of anilines is 1. The highest BCUT2D eigenvalue weighted by Crippen LogP contribution is 2.11. The minimum absolute atomic E-state index is 0.0494. The van der Waals surface area contributed by atoms with Crippen molar-refractivity contribution >= 4 is 11.9 Å². The van der Waals surface area contributed by atoms with Gasteiger partial charge in [-0.15, -0.1) is 0 Å². The first-order valence-electron chi connectivity index (χ1n) is 4.63. The van der Waals surface area contributed by atoms with Gasteiger partial charge < -0.3 is 4.74 Å². The van der Waals surface area contributed by atoms with Crippen LogP contribution in [-0.4, -0.2) is 21.7 Å². The second-order valence-electron chi connectivity index (χ2n) is 3.99. The van der Waals surface area contributed by atoms with Crippen LogP contribution < -0.4 is 5.32 Å². The minimum atomic E-state index is -0.662. The molecule has 0 fully saturated rings. The molecule has 0 aliphatic heterocycles. The van der Waals surface area contributed by atoms with Crippen LogP contribution in [0.3, 0.4) is 0 Å². The van der Waals surface area contributed by atoms with Crippen LogP contribution in [-0.2, 0) is 4.74 Å². The van der Waals surface area contributed by atoms with Gasteiger partial charge in [-0.25, -0.2) is 14.8 Å². The molecule has 1 aromatic rings. The van der Waals surface area contributed by atoms with Crippen molar-refractivity contribution in [1.82, 2.24) is 9.97 Å². The van der Waals surface area contributed by atoms with Gasteiger partial charge in [0.15, 0.2) is 11.5 Å². The molecule has 1 N–H and O–H groups in total. The SMILES string of the molecule is CC(C)(C)OC(=O)Nc1nccnc1C#N. The van der Waals surface area contributed by atoms with Gasteiger partial charge in [0.25, 0.3) is 0 Å². The summed E-state index contributed by atoms with van der Waals surface area (Å²) in [7, 11) is 0. The number of carbonyl (C=O) groups excluding carboxylic acids is 1. The van der Waals surface area contributed by atoms with E-state index in [0.29, 0.717) is 0 Å². The summed E-state index contributed by atoms with van der Waals surface area (Å²) in [5.74, 6) is 0.0965. The molecule has 0 radical (unpaired) electrons. The van der Waals surface area contributed by atoms with Gasteiger partial charge in [0, 0.05) is 12.4 Å². The number of nitrogens with one attached hydrogen (secondary N) is 1. The van der Waals surface area contributed by atoms with E-state index in [4.69, 9.17) is 10.00 Å². The molecule has 0 unspecified atom stereocenters.